The average molecular weight is 232 g/mol. The fraction of sp³-hybridized carbons (Fsp3) is 0.308. The van der Waals surface area contributed by atoms with Crippen molar-refractivity contribution in [3.05, 3.63) is 46.4 Å². The fourth-order valence-electron chi connectivity index (χ4n) is 1.70. The molecule has 0 fully saturated rings. The lowest BCUT2D eigenvalue weighted by molar-refractivity contribution is 0.411. The van der Waals surface area contributed by atoms with Gasteiger partial charge in [-0.15, -0.1) is 0 Å². The van der Waals surface area contributed by atoms with Gasteiger partial charge in [0.15, 0.2) is 0 Å². The molecule has 0 aliphatic heterocycles. The van der Waals surface area contributed by atoms with E-state index >= 15 is 0 Å². The molecule has 0 radical (unpaired) electrons. The summed E-state index contributed by atoms with van der Waals surface area (Å²) in [5.41, 5.74) is 1.58. The Morgan fingerprint density at radius 3 is 2.59 bits per heavy atom. The van der Waals surface area contributed by atoms with Crippen molar-refractivity contribution in [1.29, 1.82) is 0 Å². The lowest BCUT2D eigenvalue weighted by atomic mass is 10.1. The molecule has 0 amide bonds. The summed E-state index contributed by atoms with van der Waals surface area (Å²) in [7, 11) is 1.59. The molecule has 1 aromatic heterocycles. The summed E-state index contributed by atoms with van der Waals surface area (Å²) in [6.45, 7) is 4.08. The number of aromatic amines is 1. The van der Waals surface area contributed by atoms with Gasteiger partial charge in [-0.3, -0.25) is 9.89 Å². The van der Waals surface area contributed by atoms with Gasteiger partial charge in [-0.1, -0.05) is 26.0 Å². The monoisotopic (exact) mass is 232 g/mol. The molecule has 90 valence electrons. The zero-order chi connectivity index (χ0) is 12.4. The van der Waals surface area contributed by atoms with Crippen LogP contribution in [0.2, 0.25) is 0 Å². The first-order chi connectivity index (χ1) is 8.13. The maximum absolute atomic E-state index is 11.9. The lowest BCUT2D eigenvalue weighted by Crippen LogP contribution is -2.14. The van der Waals surface area contributed by atoms with E-state index in [9.17, 15) is 4.79 Å². The van der Waals surface area contributed by atoms with Crippen molar-refractivity contribution < 1.29 is 4.74 Å². The number of hydrogen-bond donors (Lipinski definition) is 1. The Labute approximate surface area is 99.8 Å². The normalized spacial score (nSPS) is 10.8. The van der Waals surface area contributed by atoms with Crippen LogP contribution < -0.4 is 10.3 Å². The topological polar surface area (TPSA) is 47.0 Å². The number of hydrogen-bond acceptors (Lipinski definition) is 2. The van der Waals surface area contributed by atoms with Crippen LogP contribution in [-0.4, -0.2) is 16.9 Å². The Morgan fingerprint density at radius 1 is 1.29 bits per heavy atom. The van der Waals surface area contributed by atoms with Gasteiger partial charge in [-0.05, 0) is 18.1 Å². The second-order valence-electron chi connectivity index (χ2n) is 4.21. The van der Waals surface area contributed by atoms with Gasteiger partial charge in [-0.25, -0.2) is 4.68 Å². The highest BCUT2D eigenvalue weighted by Gasteiger charge is 2.10. The Bertz CT molecular complexity index is 567. The summed E-state index contributed by atoms with van der Waals surface area (Å²) in [6, 6.07) is 9.05. The molecule has 0 aliphatic rings. The van der Waals surface area contributed by atoms with Crippen LogP contribution in [0.25, 0.3) is 5.69 Å². The lowest BCUT2D eigenvalue weighted by Gasteiger charge is -2.08. The molecular formula is C13H16N2O2. The van der Waals surface area contributed by atoms with Crippen LogP contribution in [0, 0.1) is 0 Å². The predicted octanol–water partition coefficient (Wildman–Crippen LogP) is 2.30. The average Bonchev–Trinajstić information content (AvgIpc) is 2.71. The van der Waals surface area contributed by atoms with E-state index in [0.29, 0.717) is 11.7 Å². The number of nitrogens with zero attached hydrogens (tertiary/aromatic N) is 1. The highest BCUT2D eigenvalue weighted by Crippen LogP contribution is 2.20. The van der Waals surface area contributed by atoms with Crippen LogP contribution in [-0.2, 0) is 0 Å². The van der Waals surface area contributed by atoms with Crippen molar-refractivity contribution in [3.63, 3.8) is 0 Å². The van der Waals surface area contributed by atoms with Crippen LogP contribution in [0.3, 0.4) is 0 Å². The number of benzene rings is 1. The first-order valence-corrected chi connectivity index (χ1v) is 5.59. The Balaban J connectivity index is 2.57. The van der Waals surface area contributed by atoms with Gasteiger partial charge in [0.2, 0.25) is 0 Å². The van der Waals surface area contributed by atoms with Gasteiger partial charge in [0.05, 0.1) is 7.11 Å². The molecular weight excluding hydrogens is 216 g/mol. The Hall–Kier alpha value is -1.97. The molecule has 0 atom stereocenters. The quantitative estimate of drug-likeness (QED) is 0.882. The summed E-state index contributed by atoms with van der Waals surface area (Å²) in [6.07, 6.45) is 0. The fourth-order valence-corrected chi connectivity index (χ4v) is 1.70. The smallest absolute Gasteiger partial charge is 0.271 e. The van der Waals surface area contributed by atoms with Crippen molar-refractivity contribution in [2.75, 3.05) is 7.11 Å². The van der Waals surface area contributed by atoms with Crippen LogP contribution in [0.5, 0.6) is 5.75 Å². The second-order valence-corrected chi connectivity index (χ2v) is 4.21. The molecule has 4 heteroatoms. The predicted molar refractivity (Wildman–Crippen MR) is 67.0 cm³/mol. The molecule has 2 aromatic rings. The number of nitrogens with one attached hydrogen (secondary N) is 1. The van der Waals surface area contributed by atoms with Gasteiger partial charge in [0, 0.05) is 11.8 Å². The van der Waals surface area contributed by atoms with Gasteiger partial charge >= 0.3 is 0 Å². The van der Waals surface area contributed by atoms with E-state index in [4.69, 9.17) is 4.74 Å². The number of H-pyrrole nitrogens is 1. The Morgan fingerprint density at radius 2 is 2.00 bits per heavy atom. The minimum atomic E-state index is -0.0711. The number of methoxy groups -OCH3 is 1. The van der Waals surface area contributed by atoms with Gasteiger partial charge in [0.25, 0.3) is 5.56 Å². The SMILES string of the molecule is COc1ccccc1-n1[nH]c(C(C)C)cc1=O. The highest BCUT2D eigenvalue weighted by atomic mass is 16.5. The van der Waals surface area contributed by atoms with E-state index in [1.807, 2.05) is 38.1 Å². The summed E-state index contributed by atoms with van der Waals surface area (Å²) in [4.78, 5) is 11.9. The van der Waals surface area contributed by atoms with Crippen LogP contribution >= 0.6 is 0 Å². The molecule has 0 saturated carbocycles. The van der Waals surface area contributed by atoms with Crippen molar-refractivity contribution in [3.8, 4) is 11.4 Å². The molecule has 0 aliphatic carbocycles. The zero-order valence-corrected chi connectivity index (χ0v) is 10.2. The van der Waals surface area contributed by atoms with Crippen molar-refractivity contribution in [1.82, 2.24) is 9.78 Å². The zero-order valence-electron chi connectivity index (χ0n) is 10.2. The second kappa shape index (κ2) is 4.49. The number of ether oxygens (including phenoxy) is 1. The molecule has 1 aromatic carbocycles. The van der Waals surface area contributed by atoms with Crippen molar-refractivity contribution in [2.24, 2.45) is 0 Å². The van der Waals surface area contributed by atoms with Gasteiger partial charge in [0.1, 0.15) is 11.4 Å². The molecule has 0 bridgehead atoms. The minimum absolute atomic E-state index is 0.0711. The van der Waals surface area contributed by atoms with Crippen LogP contribution in [0.1, 0.15) is 25.5 Å². The molecule has 0 saturated heterocycles. The number of para-hydroxylation sites is 2. The third kappa shape index (κ3) is 2.11. The summed E-state index contributed by atoms with van der Waals surface area (Å²) >= 11 is 0. The Kier molecular flexibility index (Phi) is 3.04. The van der Waals surface area contributed by atoms with Crippen molar-refractivity contribution >= 4 is 0 Å². The number of rotatable bonds is 3. The molecule has 0 unspecified atom stereocenters. The maximum atomic E-state index is 11.9. The van der Waals surface area contributed by atoms with Gasteiger partial charge < -0.3 is 4.74 Å². The van der Waals surface area contributed by atoms with Crippen LogP contribution in [0.4, 0.5) is 0 Å². The molecule has 1 heterocycles. The highest BCUT2D eigenvalue weighted by molar-refractivity contribution is 5.45. The molecule has 0 spiro atoms. The number of aromatic nitrogens is 2. The third-order valence-electron chi connectivity index (χ3n) is 2.69. The molecule has 1 N–H and O–H groups in total. The molecule has 17 heavy (non-hydrogen) atoms. The summed E-state index contributed by atoms with van der Waals surface area (Å²) < 4.78 is 6.75. The van der Waals surface area contributed by atoms with Gasteiger partial charge in [-0.2, -0.15) is 0 Å². The van der Waals surface area contributed by atoms with E-state index in [1.54, 1.807) is 13.2 Å². The van der Waals surface area contributed by atoms with Crippen LogP contribution in [0.15, 0.2) is 35.1 Å². The van der Waals surface area contributed by atoms with E-state index in [-0.39, 0.29) is 5.56 Å². The van der Waals surface area contributed by atoms with E-state index < -0.39 is 0 Å². The maximum Gasteiger partial charge on any atom is 0.271 e. The molecule has 2 rings (SSSR count). The van der Waals surface area contributed by atoms with E-state index in [1.165, 1.54) is 4.68 Å². The standard InChI is InChI=1S/C13H16N2O2/c1-9(2)10-8-13(16)15(14-10)11-6-4-5-7-12(11)17-3/h4-9,14H,1-3H3. The molecule has 4 nitrogen and oxygen atoms in total. The van der Waals surface area contributed by atoms with E-state index in [0.717, 1.165) is 11.4 Å². The summed E-state index contributed by atoms with van der Waals surface area (Å²) in [5, 5.41) is 3.10. The van der Waals surface area contributed by atoms with E-state index in [2.05, 4.69) is 5.10 Å². The largest absolute Gasteiger partial charge is 0.494 e. The summed E-state index contributed by atoms with van der Waals surface area (Å²) in [5.74, 6) is 0.963. The van der Waals surface area contributed by atoms with Crippen molar-refractivity contribution in [2.45, 2.75) is 19.8 Å². The first kappa shape index (κ1) is 11.5. The third-order valence-corrected chi connectivity index (χ3v) is 2.69. The minimum Gasteiger partial charge on any atom is -0.494 e. The first-order valence-electron chi connectivity index (χ1n) is 5.59.